The lowest BCUT2D eigenvalue weighted by molar-refractivity contribution is -0.140. The number of benzene rings is 3. The van der Waals surface area contributed by atoms with E-state index in [2.05, 4.69) is 5.32 Å². The minimum atomic E-state index is -4.21. The maximum absolute atomic E-state index is 14.0. The molecule has 0 spiro atoms. The summed E-state index contributed by atoms with van der Waals surface area (Å²) in [5, 5.41) is 2.85. The summed E-state index contributed by atoms with van der Waals surface area (Å²) in [4.78, 5) is 28.5. The summed E-state index contributed by atoms with van der Waals surface area (Å²) >= 11 is 0. The van der Waals surface area contributed by atoms with E-state index in [1.807, 2.05) is 13.8 Å². The van der Waals surface area contributed by atoms with Crippen molar-refractivity contribution in [3.05, 3.63) is 89.7 Å². The number of nitrogens with one attached hydrogen (secondary N) is 1. The largest absolute Gasteiger partial charge is 0.497 e. The number of ether oxygens (including phenoxy) is 1. The van der Waals surface area contributed by atoms with E-state index in [9.17, 15) is 22.4 Å². The molecule has 0 heterocycles. The van der Waals surface area contributed by atoms with Crippen LogP contribution in [0.15, 0.2) is 77.7 Å². The first-order chi connectivity index (χ1) is 19.1. The van der Waals surface area contributed by atoms with Gasteiger partial charge in [0.2, 0.25) is 11.8 Å². The van der Waals surface area contributed by atoms with Gasteiger partial charge in [0.1, 0.15) is 24.2 Å². The van der Waals surface area contributed by atoms with Gasteiger partial charge in [0.05, 0.1) is 17.7 Å². The fourth-order valence-electron chi connectivity index (χ4n) is 4.19. The lowest BCUT2D eigenvalue weighted by Crippen LogP contribution is -2.52. The molecule has 0 aliphatic heterocycles. The lowest BCUT2D eigenvalue weighted by atomic mass is 10.1. The van der Waals surface area contributed by atoms with Gasteiger partial charge in [0.25, 0.3) is 10.0 Å². The van der Waals surface area contributed by atoms with E-state index in [-0.39, 0.29) is 23.0 Å². The number of anilines is 1. The standard InChI is InChI=1S/C30H36FN3O5S/c1-5-19-32-30(36)28(6-2)33(20-23-9-15-26(39-4)16-10-23)29(35)21-34(25-13-11-24(31)12-14-25)40(37,38)27-17-7-22(3)8-18-27/h7-18,28H,5-6,19-21H2,1-4H3,(H,32,36). The number of sulfonamides is 1. The van der Waals surface area contributed by atoms with Gasteiger partial charge in [-0.15, -0.1) is 0 Å². The Hall–Kier alpha value is -3.92. The molecule has 1 unspecified atom stereocenters. The molecule has 214 valence electrons. The number of nitrogens with zero attached hydrogens (tertiary/aromatic N) is 2. The van der Waals surface area contributed by atoms with Gasteiger partial charge in [-0.1, -0.05) is 43.7 Å². The van der Waals surface area contributed by atoms with E-state index in [4.69, 9.17) is 4.74 Å². The molecule has 1 atom stereocenters. The molecule has 40 heavy (non-hydrogen) atoms. The topological polar surface area (TPSA) is 96.0 Å². The number of carbonyl (C=O) groups is 2. The second-order valence-electron chi connectivity index (χ2n) is 9.39. The van der Waals surface area contributed by atoms with Crippen LogP contribution >= 0.6 is 0 Å². The highest BCUT2D eigenvalue weighted by Gasteiger charge is 2.33. The van der Waals surface area contributed by atoms with E-state index in [0.29, 0.717) is 18.7 Å². The maximum atomic E-state index is 14.0. The van der Waals surface area contributed by atoms with Crippen molar-refractivity contribution in [3.63, 3.8) is 0 Å². The summed E-state index contributed by atoms with van der Waals surface area (Å²) in [6, 6.07) is 17.4. The molecule has 0 aliphatic carbocycles. The first-order valence-electron chi connectivity index (χ1n) is 13.2. The van der Waals surface area contributed by atoms with E-state index in [1.54, 1.807) is 50.4 Å². The van der Waals surface area contributed by atoms with Crippen molar-refractivity contribution in [1.29, 1.82) is 0 Å². The number of rotatable bonds is 13. The summed E-state index contributed by atoms with van der Waals surface area (Å²) in [6.07, 6.45) is 1.04. The number of aryl methyl sites for hydroxylation is 1. The third kappa shape index (κ3) is 7.59. The third-order valence-electron chi connectivity index (χ3n) is 6.45. The quantitative estimate of drug-likeness (QED) is 0.323. The molecule has 2 amide bonds. The number of hydrogen-bond donors (Lipinski definition) is 1. The molecular weight excluding hydrogens is 533 g/mol. The second kappa shape index (κ2) is 13.9. The zero-order valence-electron chi connectivity index (χ0n) is 23.3. The van der Waals surface area contributed by atoms with Crippen LogP contribution in [0.25, 0.3) is 0 Å². The Morgan fingerprint density at radius 3 is 2.12 bits per heavy atom. The Balaban J connectivity index is 2.03. The van der Waals surface area contributed by atoms with Crippen LogP contribution in [0.1, 0.15) is 37.8 Å². The van der Waals surface area contributed by atoms with Crippen LogP contribution in [0, 0.1) is 12.7 Å². The van der Waals surface area contributed by atoms with Gasteiger partial charge in [-0.2, -0.15) is 0 Å². The van der Waals surface area contributed by atoms with Gasteiger partial charge in [0, 0.05) is 13.1 Å². The molecule has 8 nitrogen and oxygen atoms in total. The fraction of sp³-hybridized carbons (Fsp3) is 0.333. The number of hydrogen-bond acceptors (Lipinski definition) is 5. The van der Waals surface area contributed by atoms with Gasteiger partial charge in [-0.3, -0.25) is 13.9 Å². The average Bonchev–Trinajstić information content (AvgIpc) is 2.95. The molecule has 0 radical (unpaired) electrons. The summed E-state index contributed by atoms with van der Waals surface area (Å²) in [6.45, 7) is 5.49. The van der Waals surface area contributed by atoms with Gasteiger partial charge >= 0.3 is 0 Å². The van der Waals surface area contributed by atoms with Crippen LogP contribution in [0.4, 0.5) is 10.1 Å². The maximum Gasteiger partial charge on any atom is 0.264 e. The summed E-state index contributed by atoms with van der Waals surface area (Å²) in [5.41, 5.74) is 1.74. The molecule has 0 fully saturated rings. The Morgan fingerprint density at radius 2 is 1.57 bits per heavy atom. The predicted octanol–water partition coefficient (Wildman–Crippen LogP) is 4.67. The van der Waals surface area contributed by atoms with Crippen LogP contribution in [0.2, 0.25) is 0 Å². The highest BCUT2D eigenvalue weighted by Crippen LogP contribution is 2.25. The van der Waals surface area contributed by atoms with Crippen LogP contribution < -0.4 is 14.4 Å². The predicted molar refractivity (Wildman–Crippen MR) is 153 cm³/mol. The molecule has 3 aromatic rings. The van der Waals surface area contributed by atoms with Crippen LogP contribution in [-0.4, -0.2) is 51.4 Å². The minimum absolute atomic E-state index is 0.00957. The smallest absolute Gasteiger partial charge is 0.264 e. The van der Waals surface area contributed by atoms with Gasteiger partial charge in [-0.25, -0.2) is 12.8 Å². The van der Waals surface area contributed by atoms with Crippen LogP contribution in [-0.2, 0) is 26.2 Å². The fourth-order valence-corrected chi connectivity index (χ4v) is 5.60. The molecule has 0 bridgehead atoms. The molecule has 0 aromatic heterocycles. The van der Waals surface area contributed by atoms with E-state index < -0.39 is 34.3 Å². The molecule has 0 saturated heterocycles. The van der Waals surface area contributed by atoms with Crippen molar-refractivity contribution in [2.24, 2.45) is 0 Å². The van der Waals surface area contributed by atoms with Crippen LogP contribution in [0.3, 0.4) is 0 Å². The number of carbonyl (C=O) groups excluding carboxylic acids is 2. The monoisotopic (exact) mass is 569 g/mol. The minimum Gasteiger partial charge on any atom is -0.497 e. The third-order valence-corrected chi connectivity index (χ3v) is 8.24. The van der Waals surface area contributed by atoms with Crippen molar-refractivity contribution >= 4 is 27.5 Å². The Kier molecular flexibility index (Phi) is 10.7. The van der Waals surface area contributed by atoms with Gasteiger partial charge < -0.3 is 15.0 Å². The summed E-state index contributed by atoms with van der Waals surface area (Å²) in [7, 11) is -2.66. The molecule has 3 aromatic carbocycles. The molecule has 0 saturated carbocycles. The van der Waals surface area contributed by atoms with Gasteiger partial charge in [0.15, 0.2) is 0 Å². The van der Waals surface area contributed by atoms with Crippen molar-refractivity contribution in [1.82, 2.24) is 10.2 Å². The van der Waals surface area contributed by atoms with Crippen LogP contribution in [0.5, 0.6) is 5.75 Å². The SMILES string of the molecule is CCCNC(=O)C(CC)N(Cc1ccc(OC)cc1)C(=O)CN(c1ccc(F)cc1)S(=O)(=O)c1ccc(C)cc1. The zero-order valence-corrected chi connectivity index (χ0v) is 24.1. The first kappa shape index (κ1) is 30.6. The molecule has 0 aliphatic rings. The van der Waals surface area contributed by atoms with Gasteiger partial charge in [-0.05, 0) is 73.9 Å². The Bertz CT molecular complexity index is 1380. The normalized spacial score (nSPS) is 11.9. The zero-order chi connectivity index (χ0) is 29.3. The summed E-state index contributed by atoms with van der Waals surface area (Å²) < 4.78 is 47.5. The Labute approximate surface area is 235 Å². The lowest BCUT2D eigenvalue weighted by Gasteiger charge is -2.33. The van der Waals surface area contributed by atoms with Crippen molar-refractivity contribution in [2.45, 2.75) is 51.1 Å². The molecule has 10 heteroatoms. The summed E-state index contributed by atoms with van der Waals surface area (Å²) in [5.74, 6) is -0.793. The number of halogens is 1. The molecule has 3 rings (SSSR count). The highest BCUT2D eigenvalue weighted by atomic mass is 32.2. The highest BCUT2D eigenvalue weighted by molar-refractivity contribution is 7.92. The Morgan fingerprint density at radius 1 is 0.950 bits per heavy atom. The van der Waals surface area contributed by atoms with Crippen molar-refractivity contribution in [2.75, 3.05) is 24.5 Å². The molecule has 1 N–H and O–H groups in total. The van der Waals surface area contributed by atoms with Crippen molar-refractivity contribution in [3.8, 4) is 5.75 Å². The number of methoxy groups -OCH3 is 1. The first-order valence-corrected chi connectivity index (χ1v) is 14.6. The average molecular weight is 570 g/mol. The van der Waals surface area contributed by atoms with E-state index >= 15 is 0 Å². The second-order valence-corrected chi connectivity index (χ2v) is 11.2. The van der Waals surface area contributed by atoms with E-state index in [0.717, 1.165) is 34.0 Å². The number of amides is 2. The van der Waals surface area contributed by atoms with E-state index in [1.165, 1.54) is 29.2 Å². The van der Waals surface area contributed by atoms with Crippen molar-refractivity contribution < 1.29 is 27.1 Å². The molecular formula is C30H36FN3O5S.